The van der Waals surface area contributed by atoms with Crippen LogP contribution in [0.15, 0.2) is 18.3 Å². The van der Waals surface area contributed by atoms with Crippen LogP contribution in [0.25, 0.3) is 0 Å². The van der Waals surface area contributed by atoms with E-state index in [2.05, 4.69) is 10.3 Å². The van der Waals surface area contributed by atoms with Crippen molar-refractivity contribution in [1.29, 1.82) is 0 Å². The predicted molar refractivity (Wildman–Crippen MR) is 83.5 cm³/mol. The van der Waals surface area contributed by atoms with Crippen LogP contribution in [-0.4, -0.2) is 41.5 Å². The number of nitrogens with one attached hydrogen (secondary N) is 1. The monoisotopic (exact) mass is 291 g/mol. The summed E-state index contributed by atoms with van der Waals surface area (Å²) >= 11 is 0. The van der Waals surface area contributed by atoms with Gasteiger partial charge in [0.2, 0.25) is 11.8 Å². The summed E-state index contributed by atoms with van der Waals surface area (Å²) < 4.78 is 5.64. The van der Waals surface area contributed by atoms with Crippen molar-refractivity contribution in [3.05, 3.63) is 18.3 Å². The lowest BCUT2D eigenvalue weighted by Crippen LogP contribution is -2.36. The summed E-state index contributed by atoms with van der Waals surface area (Å²) in [6.07, 6.45) is 6.43. The van der Waals surface area contributed by atoms with Crippen LogP contribution in [-0.2, 0) is 4.79 Å². The number of hydrogen-bond donors (Lipinski definition) is 1. The van der Waals surface area contributed by atoms with E-state index in [9.17, 15) is 4.79 Å². The Morgan fingerprint density at radius 1 is 1.33 bits per heavy atom. The average molecular weight is 291 g/mol. The normalized spacial score (nSPS) is 15.7. The highest BCUT2D eigenvalue weighted by Gasteiger charge is 2.16. The zero-order valence-corrected chi connectivity index (χ0v) is 13.0. The highest BCUT2D eigenvalue weighted by Crippen LogP contribution is 2.21. The van der Waals surface area contributed by atoms with E-state index < -0.39 is 0 Å². The first kappa shape index (κ1) is 15.6. The molecule has 1 amide bonds. The van der Waals surface area contributed by atoms with Gasteiger partial charge in [-0.3, -0.25) is 4.79 Å². The second-order valence-electron chi connectivity index (χ2n) is 5.67. The molecule has 0 unspecified atom stereocenters. The van der Waals surface area contributed by atoms with Crippen molar-refractivity contribution < 1.29 is 9.53 Å². The van der Waals surface area contributed by atoms with E-state index in [1.807, 2.05) is 30.9 Å². The summed E-state index contributed by atoms with van der Waals surface area (Å²) in [6.45, 7) is 5.97. The van der Waals surface area contributed by atoms with E-state index in [1.165, 1.54) is 12.8 Å². The Bertz CT molecular complexity index is 455. The summed E-state index contributed by atoms with van der Waals surface area (Å²) in [6, 6.07) is 3.73. The van der Waals surface area contributed by atoms with Gasteiger partial charge in [-0.15, -0.1) is 0 Å². The third kappa shape index (κ3) is 4.92. The van der Waals surface area contributed by atoms with Crippen molar-refractivity contribution in [2.24, 2.45) is 0 Å². The number of carbonyl (C=O) groups excluding carboxylic acids is 1. The van der Waals surface area contributed by atoms with E-state index in [0.29, 0.717) is 12.4 Å². The van der Waals surface area contributed by atoms with Crippen LogP contribution in [0, 0.1) is 0 Å². The van der Waals surface area contributed by atoms with Crippen molar-refractivity contribution >= 4 is 11.6 Å². The van der Waals surface area contributed by atoms with Crippen molar-refractivity contribution in [3.63, 3.8) is 0 Å². The molecular formula is C16H25N3O2. The van der Waals surface area contributed by atoms with Gasteiger partial charge in [-0.25, -0.2) is 4.98 Å². The third-order valence-corrected chi connectivity index (χ3v) is 3.51. The fourth-order valence-electron chi connectivity index (χ4n) is 2.45. The van der Waals surface area contributed by atoms with Gasteiger partial charge in [0.1, 0.15) is 0 Å². The van der Waals surface area contributed by atoms with Gasteiger partial charge in [0.25, 0.3) is 0 Å². The molecule has 2 heterocycles. The lowest BCUT2D eigenvalue weighted by molar-refractivity contribution is -0.129. The van der Waals surface area contributed by atoms with Gasteiger partial charge < -0.3 is 15.0 Å². The van der Waals surface area contributed by atoms with Gasteiger partial charge in [0.05, 0.1) is 18.3 Å². The number of carbonyl (C=O) groups is 1. The maximum atomic E-state index is 12.3. The molecule has 0 saturated carbocycles. The lowest BCUT2D eigenvalue weighted by Gasteiger charge is -2.21. The first-order valence-corrected chi connectivity index (χ1v) is 7.80. The van der Waals surface area contributed by atoms with E-state index >= 15 is 0 Å². The molecule has 1 aromatic rings. The largest absolute Gasteiger partial charge is 0.473 e. The molecule has 0 atom stereocenters. The van der Waals surface area contributed by atoms with Crippen molar-refractivity contribution in [1.82, 2.24) is 9.88 Å². The maximum absolute atomic E-state index is 12.3. The zero-order chi connectivity index (χ0) is 15.1. The Labute approximate surface area is 126 Å². The highest BCUT2D eigenvalue weighted by molar-refractivity contribution is 5.81. The maximum Gasteiger partial charge on any atom is 0.241 e. The molecule has 1 aliphatic heterocycles. The lowest BCUT2D eigenvalue weighted by atomic mass is 10.2. The van der Waals surface area contributed by atoms with Crippen LogP contribution in [0.5, 0.6) is 5.88 Å². The van der Waals surface area contributed by atoms with E-state index in [1.54, 1.807) is 6.20 Å². The minimum Gasteiger partial charge on any atom is -0.473 e. The molecule has 0 radical (unpaired) electrons. The Morgan fingerprint density at radius 3 is 2.71 bits per heavy atom. The van der Waals surface area contributed by atoms with Crippen molar-refractivity contribution in [2.75, 3.05) is 25.0 Å². The molecule has 1 aliphatic rings. The summed E-state index contributed by atoms with van der Waals surface area (Å²) in [5, 5.41) is 3.16. The predicted octanol–water partition coefficient (Wildman–Crippen LogP) is 2.68. The first-order valence-electron chi connectivity index (χ1n) is 7.80. The Kier molecular flexibility index (Phi) is 5.84. The summed E-state index contributed by atoms with van der Waals surface area (Å²) in [7, 11) is 0. The fourth-order valence-corrected chi connectivity index (χ4v) is 2.45. The van der Waals surface area contributed by atoms with Gasteiger partial charge in [-0.05, 0) is 38.8 Å². The number of amides is 1. The van der Waals surface area contributed by atoms with Gasteiger partial charge in [-0.1, -0.05) is 12.8 Å². The molecule has 1 fully saturated rings. The second-order valence-corrected chi connectivity index (χ2v) is 5.67. The molecule has 1 N–H and O–H groups in total. The number of rotatable bonds is 5. The molecule has 0 aliphatic carbocycles. The number of pyridine rings is 1. The number of ether oxygens (including phenoxy) is 1. The van der Waals surface area contributed by atoms with Crippen molar-refractivity contribution in [2.45, 2.75) is 45.6 Å². The SMILES string of the molecule is CC(C)Oc1ncccc1NCC(=O)N1CCCCCC1. The molecule has 1 aromatic heterocycles. The van der Waals surface area contributed by atoms with Crippen LogP contribution in [0.4, 0.5) is 5.69 Å². The first-order chi connectivity index (χ1) is 10.2. The Balaban J connectivity index is 1.91. The molecule has 5 nitrogen and oxygen atoms in total. The number of aromatic nitrogens is 1. The van der Waals surface area contributed by atoms with Crippen LogP contribution >= 0.6 is 0 Å². The van der Waals surface area contributed by atoms with E-state index in [4.69, 9.17) is 4.74 Å². The molecule has 0 spiro atoms. The minimum atomic E-state index is 0.0572. The van der Waals surface area contributed by atoms with Crippen LogP contribution in [0.3, 0.4) is 0 Å². The van der Waals surface area contributed by atoms with Gasteiger partial charge in [0.15, 0.2) is 0 Å². The standard InChI is InChI=1S/C16H25N3O2/c1-13(2)21-16-14(8-7-9-17-16)18-12-15(20)19-10-5-3-4-6-11-19/h7-9,13,18H,3-6,10-12H2,1-2H3. The van der Waals surface area contributed by atoms with E-state index in [-0.39, 0.29) is 12.0 Å². The second kappa shape index (κ2) is 7.86. The van der Waals surface area contributed by atoms with E-state index in [0.717, 1.165) is 31.6 Å². The van der Waals surface area contributed by atoms with Gasteiger partial charge in [0, 0.05) is 19.3 Å². The highest BCUT2D eigenvalue weighted by atomic mass is 16.5. The Morgan fingerprint density at radius 2 is 2.05 bits per heavy atom. The molecule has 0 aromatic carbocycles. The molecule has 0 bridgehead atoms. The molecule has 1 saturated heterocycles. The number of nitrogens with zero attached hydrogens (tertiary/aromatic N) is 2. The summed E-state index contributed by atoms with van der Waals surface area (Å²) in [5.41, 5.74) is 0.773. The van der Waals surface area contributed by atoms with Crippen LogP contribution in [0.1, 0.15) is 39.5 Å². The Hall–Kier alpha value is -1.78. The number of likely N-dealkylation sites (tertiary alicyclic amines) is 1. The molecule has 2 rings (SSSR count). The zero-order valence-electron chi connectivity index (χ0n) is 13.0. The van der Waals surface area contributed by atoms with Crippen LogP contribution < -0.4 is 10.1 Å². The minimum absolute atomic E-state index is 0.0572. The smallest absolute Gasteiger partial charge is 0.241 e. The van der Waals surface area contributed by atoms with Gasteiger partial charge in [-0.2, -0.15) is 0 Å². The number of hydrogen-bond acceptors (Lipinski definition) is 4. The van der Waals surface area contributed by atoms with Gasteiger partial charge >= 0.3 is 0 Å². The fraction of sp³-hybridized carbons (Fsp3) is 0.625. The number of anilines is 1. The molecule has 5 heteroatoms. The molecule has 116 valence electrons. The molecular weight excluding hydrogens is 266 g/mol. The van der Waals surface area contributed by atoms with Crippen LogP contribution in [0.2, 0.25) is 0 Å². The molecule has 21 heavy (non-hydrogen) atoms. The average Bonchev–Trinajstić information content (AvgIpc) is 2.74. The third-order valence-electron chi connectivity index (χ3n) is 3.51. The summed E-state index contributed by atoms with van der Waals surface area (Å²) in [4.78, 5) is 18.4. The van der Waals surface area contributed by atoms with Crippen molar-refractivity contribution in [3.8, 4) is 5.88 Å². The quantitative estimate of drug-likeness (QED) is 0.906. The topological polar surface area (TPSA) is 54.5 Å². The summed E-state index contributed by atoms with van der Waals surface area (Å²) in [5.74, 6) is 0.701.